The lowest BCUT2D eigenvalue weighted by Crippen LogP contribution is -2.33. The first kappa shape index (κ1) is 27.3. The van der Waals surface area contributed by atoms with E-state index in [1.807, 2.05) is 31.2 Å². The highest BCUT2D eigenvalue weighted by molar-refractivity contribution is 7.93. The molecule has 13 heteroatoms. The first-order valence-corrected chi connectivity index (χ1v) is 14.0. The van der Waals surface area contributed by atoms with Crippen molar-refractivity contribution < 1.29 is 27.4 Å². The Balaban J connectivity index is 1.61. The highest BCUT2D eigenvalue weighted by Gasteiger charge is 2.37. The molecule has 0 fully saturated rings. The second-order valence-electron chi connectivity index (χ2n) is 9.26. The first-order valence-electron chi connectivity index (χ1n) is 12.5. The molecule has 5 rings (SSSR count). The van der Waals surface area contributed by atoms with Crippen LogP contribution in [0.5, 0.6) is 17.2 Å². The summed E-state index contributed by atoms with van der Waals surface area (Å²) >= 11 is 0. The number of methoxy groups -OCH3 is 3. The molecule has 40 heavy (non-hydrogen) atoms. The van der Waals surface area contributed by atoms with Crippen molar-refractivity contribution in [2.75, 3.05) is 32.7 Å². The molecular formula is C27H30N6O6S. The maximum absolute atomic E-state index is 13.7. The van der Waals surface area contributed by atoms with Crippen LogP contribution < -0.4 is 18.9 Å². The predicted molar refractivity (Wildman–Crippen MR) is 147 cm³/mol. The van der Waals surface area contributed by atoms with E-state index in [4.69, 9.17) is 18.9 Å². The zero-order chi connectivity index (χ0) is 28.4. The number of aromatic nitrogens is 5. The molecule has 3 heterocycles. The van der Waals surface area contributed by atoms with Gasteiger partial charge in [0.15, 0.2) is 11.6 Å². The van der Waals surface area contributed by atoms with Crippen LogP contribution in [-0.4, -0.2) is 66.3 Å². The van der Waals surface area contributed by atoms with E-state index in [9.17, 15) is 8.42 Å². The third-order valence-electron chi connectivity index (χ3n) is 6.78. The highest BCUT2D eigenvalue weighted by atomic mass is 32.2. The fourth-order valence-corrected chi connectivity index (χ4v) is 5.81. The molecule has 1 aliphatic rings. The van der Waals surface area contributed by atoms with Crippen LogP contribution in [0, 0.1) is 6.92 Å². The standard InChI is InChI=1S/C27H30N6O6S/c1-16-13-28-25(29-14-16)24(38-5)17(2)40(34,35)32-27-31-30-26(19-15-39-20-10-7-6-9-18(19)20)33(27)23-21(36-3)11-8-12-22(23)37-4/h6-14,17,19,24H,15H2,1-5H3,(H,31,32)/t17-,19+,24-/m0/s1. The van der Waals surface area contributed by atoms with Gasteiger partial charge in [0, 0.05) is 25.1 Å². The Hall–Kier alpha value is -4.23. The van der Waals surface area contributed by atoms with Crippen LogP contribution in [0.3, 0.4) is 0 Å². The summed E-state index contributed by atoms with van der Waals surface area (Å²) in [6.45, 7) is 3.67. The zero-order valence-electron chi connectivity index (χ0n) is 22.7. The van der Waals surface area contributed by atoms with Crippen LogP contribution in [0.15, 0.2) is 54.9 Å². The van der Waals surface area contributed by atoms with Crippen molar-refractivity contribution in [2.45, 2.75) is 31.1 Å². The van der Waals surface area contributed by atoms with E-state index >= 15 is 0 Å². The van der Waals surface area contributed by atoms with E-state index in [1.54, 1.807) is 35.2 Å². The van der Waals surface area contributed by atoms with Crippen LogP contribution >= 0.6 is 0 Å². The molecule has 4 aromatic rings. The lowest BCUT2D eigenvalue weighted by molar-refractivity contribution is 0.0949. The Kier molecular flexibility index (Phi) is 7.59. The normalized spacial score (nSPS) is 16.1. The van der Waals surface area contributed by atoms with Crippen molar-refractivity contribution in [2.24, 2.45) is 0 Å². The number of hydrogen-bond donors (Lipinski definition) is 1. The minimum Gasteiger partial charge on any atom is -0.494 e. The molecule has 0 spiro atoms. The molecule has 0 amide bonds. The van der Waals surface area contributed by atoms with Gasteiger partial charge in [-0.15, -0.1) is 10.2 Å². The molecule has 1 aliphatic heterocycles. The quantitative estimate of drug-likeness (QED) is 0.304. The number of sulfonamides is 1. The SMILES string of the molecule is COc1cccc(OC)c1-n1c(NS(=O)(=O)[C@@H](C)[C@H](OC)c2ncc(C)cn2)nnc1[C@@H]1COc2ccccc21. The van der Waals surface area contributed by atoms with Crippen molar-refractivity contribution in [3.05, 3.63) is 77.6 Å². The molecule has 210 valence electrons. The van der Waals surface area contributed by atoms with E-state index in [1.165, 1.54) is 28.3 Å². The topological polar surface area (TPSA) is 140 Å². The van der Waals surface area contributed by atoms with Crippen LogP contribution in [0.4, 0.5) is 5.95 Å². The van der Waals surface area contributed by atoms with E-state index < -0.39 is 21.4 Å². The highest BCUT2D eigenvalue weighted by Crippen LogP contribution is 2.42. The molecule has 1 N–H and O–H groups in total. The maximum Gasteiger partial charge on any atom is 0.243 e. The molecule has 3 atom stereocenters. The summed E-state index contributed by atoms with van der Waals surface area (Å²) < 4.78 is 54.5. The number of nitrogens with zero attached hydrogens (tertiary/aromatic N) is 5. The number of benzene rings is 2. The van der Waals surface area contributed by atoms with Gasteiger partial charge in [-0.2, -0.15) is 0 Å². The van der Waals surface area contributed by atoms with E-state index in [0.717, 1.165) is 16.9 Å². The van der Waals surface area contributed by atoms with Gasteiger partial charge in [0.1, 0.15) is 40.9 Å². The zero-order valence-corrected chi connectivity index (χ0v) is 23.5. The second-order valence-corrected chi connectivity index (χ2v) is 11.3. The Labute approximate surface area is 232 Å². The lowest BCUT2D eigenvalue weighted by atomic mass is 10.0. The largest absolute Gasteiger partial charge is 0.494 e. The molecule has 0 aliphatic carbocycles. The minimum absolute atomic E-state index is 0.0475. The minimum atomic E-state index is -4.11. The molecule has 0 radical (unpaired) electrons. The molecule has 0 saturated heterocycles. The van der Waals surface area contributed by atoms with Crippen molar-refractivity contribution in [1.82, 2.24) is 24.7 Å². The third-order valence-corrected chi connectivity index (χ3v) is 8.48. The predicted octanol–water partition coefficient (Wildman–Crippen LogP) is 3.43. The van der Waals surface area contributed by atoms with Gasteiger partial charge in [-0.3, -0.25) is 9.29 Å². The van der Waals surface area contributed by atoms with Gasteiger partial charge in [-0.1, -0.05) is 24.3 Å². The summed E-state index contributed by atoms with van der Waals surface area (Å²) in [5.74, 6) is 1.91. The number of para-hydroxylation sites is 2. The first-order chi connectivity index (χ1) is 19.3. The molecule has 0 unspecified atom stereocenters. The fourth-order valence-electron chi connectivity index (χ4n) is 4.68. The van der Waals surface area contributed by atoms with Crippen molar-refractivity contribution in [1.29, 1.82) is 0 Å². The van der Waals surface area contributed by atoms with Gasteiger partial charge in [0.05, 0.1) is 20.1 Å². The van der Waals surface area contributed by atoms with Crippen LogP contribution in [0.25, 0.3) is 5.69 Å². The Morgan fingerprint density at radius 1 is 1.00 bits per heavy atom. The fraction of sp³-hybridized carbons (Fsp3) is 0.333. The number of fused-ring (bicyclic) bond motifs is 1. The Morgan fingerprint density at radius 2 is 1.68 bits per heavy atom. The summed E-state index contributed by atoms with van der Waals surface area (Å²) in [7, 11) is 0.342. The number of hydrogen-bond acceptors (Lipinski definition) is 10. The number of ether oxygens (including phenoxy) is 4. The van der Waals surface area contributed by atoms with Gasteiger partial charge in [0.2, 0.25) is 16.0 Å². The molecule has 2 aromatic heterocycles. The summed E-state index contributed by atoms with van der Waals surface area (Å²) in [6.07, 6.45) is 2.28. The van der Waals surface area contributed by atoms with Crippen LogP contribution in [0.1, 0.15) is 41.7 Å². The number of aryl methyl sites for hydroxylation is 1. The van der Waals surface area contributed by atoms with Gasteiger partial charge in [-0.25, -0.2) is 18.4 Å². The number of anilines is 1. The molecule has 12 nitrogen and oxygen atoms in total. The summed E-state index contributed by atoms with van der Waals surface area (Å²) in [6, 6.07) is 12.9. The molecule has 2 aromatic carbocycles. The molecule has 0 bridgehead atoms. The Bertz CT molecular complexity index is 1590. The Morgan fingerprint density at radius 3 is 2.33 bits per heavy atom. The summed E-state index contributed by atoms with van der Waals surface area (Å²) in [5.41, 5.74) is 2.19. The van der Waals surface area contributed by atoms with Gasteiger partial charge >= 0.3 is 0 Å². The van der Waals surface area contributed by atoms with Gasteiger partial charge in [0.25, 0.3) is 0 Å². The molecular weight excluding hydrogens is 536 g/mol. The number of nitrogens with one attached hydrogen (secondary N) is 1. The van der Waals surface area contributed by atoms with Crippen molar-refractivity contribution in [3.8, 4) is 22.9 Å². The molecule has 0 saturated carbocycles. The van der Waals surface area contributed by atoms with Crippen molar-refractivity contribution >= 4 is 16.0 Å². The smallest absolute Gasteiger partial charge is 0.243 e. The van der Waals surface area contributed by atoms with E-state index in [-0.39, 0.29) is 17.7 Å². The average molecular weight is 567 g/mol. The maximum atomic E-state index is 13.7. The second kappa shape index (κ2) is 11.1. The van der Waals surface area contributed by atoms with Gasteiger partial charge < -0.3 is 18.9 Å². The lowest BCUT2D eigenvalue weighted by Gasteiger charge is -2.23. The van der Waals surface area contributed by atoms with Crippen LogP contribution in [-0.2, 0) is 14.8 Å². The average Bonchev–Trinajstić information content (AvgIpc) is 3.57. The van der Waals surface area contributed by atoms with E-state index in [2.05, 4.69) is 24.9 Å². The van der Waals surface area contributed by atoms with Crippen molar-refractivity contribution in [3.63, 3.8) is 0 Å². The third kappa shape index (κ3) is 4.93. The van der Waals surface area contributed by atoms with Crippen LogP contribution in [0.2, 0.25) is 0 Å². The van der Waals surface area contributed by atoms with Gasteiger partial charge in [-0.05, 0) is 37.6 Å². The monoisotopic (exact) mass is 566 g/mol. The van der Waals surface area contributed by atoms with E-state index in [0.29, 0.717) is 29.6 Å². The summed E-state index contributed by atoms with van der Waals surface area (Å²) in [4.78, 5) is 8.54. The number of rotatable bonds is 10. The summed E-state index contributed by atoms with van der Waals surface area (Å²) in [5, 5.41) is 7.63.